The molecule has 0 spiro atoms. The van der Waals surface area contributed by atoms with Gasteiger partial charge in [-0.15, -0.1) is 0 Å². The lowest BCUT2D eigenvalue weighted by Crippen LogP contribution is -2.39. The zero-order valence-electron chi connectivity index (χ0n) is 12.7. The van der Waals surface area contributed by atoms with Crippen molar-refractivity contribution in [2.24, 2.45) is 0 Å². The largest absolute Gasteiger partial charge is 0.502 e. The zero-order valence-corrected chi connectivity index (χ0v) is 12.7. The Hall–Kier alpha value is -1.46. The Morgan fingerprint density at radius 1 is 1.10 bits per heavy atom. The van der Waals surface area contributed by atoms with Gasteiger partial charge in [-0.05, 0) is 30.5 Å². The fraction of sp³-hybridized carbons (Fsp3) is 0.600. The Morgan fingerprint density at radius 2 is 1.60 bits per heavy atom. The van der Waals surface area contributed by atoms with E-state index < -0.39 is 5.60 Å². The summed E-state index contributed by atoms with van der Waals surface area (Å²) < 4.78 is 10.2. The number of aromatic hydroxyl groups is 1. The molecule has 0 saturated carbocycles. The number of phenols is 1. The number of rotatable bonds is 8. The van der Waals surface area contributed by atoms with Gasteiger partial charge >= 0.3 is 0 Å². The molecule has 114 valence electrons. The molecule has 0 saturated heterocycles. The first-order valence-electron chi connectivity index (χ1n) is 6.86. The lowest BCUT2D eigenvalue weighted by molar-refractivity contribution is 0.0323. The lowest BCUT2D eigenvalue weighted by Gasteiger charge is -2.25. The molecular formula is C15H25NO4. The van der Waals surface area contributed by atoms with E-state index in [4.69, 9.17) is 9.47 Å². The second kappa shape index (κ2) is 7.36. The molecule has 1 aromatic carbocycles. The highest BCUT2D eigenvalue weighted by atomic mass is 16.5. The van der Waals surface area contributed by atoms with Crippen molar-refractivity contribution in [3.8, 4) is 17.2 Å². The number of ether oxygens (including phenoxy) is 2. The van der Waals surface area contributed by atoms with Gasteiger partial charge < -0.3 is 25.0 Å². The van der Waals surface area contributed by atoms with E-state index in [0.717, 1.165) is 5.56 Å². The zero-order chi connectivity index (χ0) is 15.2. The highest BCUT2D eigenvalue weighted by molar-refractivity contribution is 5.52. The SMILES string of the molecule is CCC(O)(CC)CNCc1cc(OC)c(O)c(OC)c1. The molecule has 0 bridgehead atoms. The summed E-state index contributed by atoms with van der Waals surface area (Å²) in [5, 5.41) is 23.3. The maximum absolute atomic E-state index is 10.2. The summed E-state index contributed by atoms with van der Waals surface area (Å²) >= 11 is 0. The minimum atomic E-state index is -0.676. The molecule has 20 heavy (non-hydrogen) atoms. The van der Waals surface area contributed by atoms with Gasteiger partial charge in [0.15, 0.2) is 11.5 Å². The summed E-state index contributed by atoms with van der Waals surface area (Å²) in [6.45, 7) is 5.02. The van der Waals surface area contributed by atoms with Crippen LogP contribution in [0.25, 0.3) is 0 Å². The predicted octanol–water partition coefficient (Wildman–Crippen LogP) is 2.05. The highest BCUT2D eigenvalue weighted by Gasteiger charge is 2.21. The van der Waals surface area contributed by atoms with Crippen LogP contribution in [0.3, 0.4) is 0 Å². The number of methoxy groups -OCH3 is 2. The second-order valence-electron chi connectivity index (χ2n) is 4.88. The molecule has 0 amide bonds. The summed E-state index contributed by atoms with van der Waals surface area (Å²) in [6.07, 6.45) is 1.41. The molecule has 0 aromatic heterocycles. The van der Waals surface area contributed by atoms with Gasteiger partial charge in [-0.3, -0.25) is 0 Å². The first-order valence-corrected chi connectivity index (χ1v) is 6.86. The predicted molar refractivity (Wildman–Crippen MR) is 78.4 cm³/mol. The van der Waals surface area contributed by atoms with Gasteiger partial charge in [-0.2, -0.15) is 0 Å². The van der Waals surface area contributed by atoms with Crippen LogP contribution in [-0.4, -0.2) is 36.6 Å². The molecule has 0 unspecified atom stereocenters. The molecule has 1 aromatic rings. The van der Waals surface area contributed by atoms with Gasteiger partial charge in [0.1, 0.15) is 0 Å². The molecule has 0 atom stereocenters. The van der Waals surface area contributed by atoms with Gasteiger partial charge in [0.2, 0.25) is 5.75 Å². The third kappa shape index (κ3) is 4.02. The van der Waals surface area contributed by atoms with E-state index in [0.29, 0.717) is 37.4 Å². The molecule has 3 N–H and O–H groups in total. The number of phenolic OH excluding ortho intramolecular Hbond substituents is 1. The van der Waals surface area contributed by atoms with Crippen LogP contribution in [0.4, 0.5) is 0 Å². The van der Waals surface area contributed by atoms with Crippen molar-refractivity contribution in [1.82, 2.24) is 5.32 Å². The van der Waals surface area contributed by atoms with E-state index in [1.54, 1.807) is 12.1 Å². The maximum atomic E-state index is 10.2. The van der Waals surface area contributed by atoms with Gasteiger partial charge in [-0.1, -0.05) is 13.8 Å². The Kier molecular flexibility index (Phi) is 6.10. The van der Waals surface area contributed by atoms with Crippen LogP contribution in [0.15, 0.2) is 12.1 Å². The number of hydrogen-bond donors (Lipinski definition) is 3. The van der Waals surface area contributed by atoms with Crippen molar-refractivity contribution < 1.29 is 19.7 Å². The standard InChI is InChI=1S/C15H25NO4/c1-5-15(18,6-2)10-16-9-11-7-12(19-3)14(17)13(8-11)20-4/h7-8,16-18H,5-6,9-10H2,1-4H3. The van der Waals surface area contributed by atoms with Gasteiger partial charge in [0, 0.05) is 13.1 Å². The molecular weight excluding hydrogens is 258 g/mol. The van der Waals surface area contributed by atoms with E-state index in [9.17, 15) is 10.2 Å². The van der Waals surface area contributed by atoms with Crippen LogP contribution < -0.4 is 14.8 Å². The first kappa shape index (κ1) is 16.6. The summed E-state index contributed by atoms with van der Waals surface area (Å²) in [6, 6.07) is 3.50. The number of nitrogens with one attached hydrogen (secondary N) is 1. The van der Waals surface area contributed by atoms with E-state index in [1.165, 1.54) is 14.2 Å². The van der Waals surface area contributed by atoms with Gasteiger partial charge in [0.25, 0.3) is 0 Å². The highest BCUT2D eigenvalue weighted by Crippen LogP contribution is 2.37. The average molecular weight is 283 g/mol. The average Bonchev–Trinajstić information content (AvgIpc) is 2.48. The van der Waals surface area contributed by atoms with E-state index >= 15 is 0 Å². The van der Waals surface area contributed by atoms with Gasteiger partial charge in [0.05, 0.1) is 19.8 Å². The molecule has 0 aliphatic carbocycles. The molecule has 0 fully saturated rings. The van der Waals surface area contributed by atoms with Crippen molar-refractivity contribution >= 4 is 0 Å². The second-order valence-corrected chi connectivity index (χ2v) is 4.88. The van der Waals surface area contributed by atoms with Crippen LogP contribution >= 0.6 is 0 Å². The normalized spacial score (nSPS) is 11.4. The Bertz CT molecular complexity index is 405. The van der Waals surface area contributed by atoms with E-state index in [1.807, 2.05) is 13.8 Å². The van der Waals surface area contributed by atoms with Crippen LogP contribution in [0.2, 0.25) is 0 Å². The molecule has 1 rings (SSSR count). The monoisotopic (exact) mass is 283 g/mol. The van der Waals surface area contributed by atoms with Crippen molar-refractivity contribution in [2.45, 2.75) is 38.8 Å². The van der Waals surface area contributed by atoms with Crippen molar-refractivity contribution in [2.75, 3.05) is 20.8 Å². The summed E-state index contributed by atoms with van der Waals surface area (Å²) in [5.74, 6) is 0.752. The summed E-state index contributed by atoms with van der Waals surface area (Å²) in [4.78, 5) is 0. The molecule has 0 radical (unpaired) electrons. The molecule has 0 heterocycles. The molecule has 0 aliphatic heterocycles. The summed E-state index contributed by atoms with van der Waals surface area (Å²) in [7, 11) is 3.00. The number of hydrogen-bond acceptors (Lipinski definition) is 5. The number of benzene rings is 1. The quantitative estimate of drug-likeness (QED) is 0.681. The van der Waals surface area contributed by atoms with E-state index in [-0.39, 0.29) is 5.75 Å². The fourth-order valence-electron chi connectivity index (χ4n) is 1.99. The van der Waals surface area contributed by atoms with Crippen LogP contribution in [0.5, 0.6) is 17.2 Å². The Morgan fingerprint density at radius 3 is 2.00 bits per heavy atom. The molecule has 0 aliphatic rings. The molecule has 5 heteroatoms. The maximum Gasteiger partial charge on any atom is 0.200 e. The minimum Gasteiger partial charge on any atom is -0.502 e. The van der Waals surface area contributed by atoms with Crippen LogP contribution in [0, 0.1) is 0 Å². The third-order valence-corrected chi connectivity index (χ3v) is 3.64. The number of aliphatic hydroxyl groups is 1. The fourth-order valence-corrected chi connectivity index (χ4v) is 1.99. The molecule has 5 nitrogen and oxygen atoms in total. The van der Waals surface area contributed by atoms with Crippen molar-refractivity contribution in [3.05, 3.63) is 17.7 Å². The van der Waals surface area contributed by atoms with Crippen molar-refractivity contribution in [1.29, 1.82) is 0 Å². The third-order valence-electron chi connectivity index (χ3n) is 3.64. The Balaban J connectivity index is 2.73. The minimum absolute atomic E-state index is 0.00243. The van der Waals surface area contributed by atoms with E-state index in [2.05, 4.69) is 5.32 Å². The summed E-state index contributed by atoms with van der Waals surface area (Å²) in [5.41, 5.74) is 0.247. The first-order chi connectivity index (χ1) is 9.49. The topological polar surface area (TPSA) is 71.0 Å². The van der Waals surface area contributed by atoms with Crippen molar-refractivity contribution in [3.63, 3.8) is 0 Å². The van der Waals surface area contributed by atoms with Crippen LogP contribution in [0.1, 0.15) is 32.3 Å². The Labute approximate surface area is 120 Å². The van der Waals surface area contributed by atoms with Gasteiger partial charge in [-0.25, -0.2) is 0 Å². The van der Waals surface area contributed by atoms with Crippen LogP contribution in [-0.2, 0) is 6.54 Å². The lowest BCUT2D eigenvalue weighted by atomic mass is 9.97. The smallest absolute Gasteiger partial charge is 0.200 e.